The summed E-state index contributed by atoms with van der Waals surface area (Å²) in [6, 6.07) is 10.9. The van der Waals surface area contributed by atoms with Crippen molar-refractivity contribution in [2.45, 2.75) is 168 Å². The van der Waals surface area contributed by atoms with Crippen LogP contribution in [-0.2, 0) is 13.0 Å². The lowest BCUT2D eigenvalue weighted by atomic mass is 10.0. The van der Waals surface area contributed by atoms with Gasteiger partial charge in [0.2, 0.25) is 0 Å². The summed E-state index contributed by atoms with van der Waals surface area (Å²) in [6.07, 6.45) is 36.9. The van der Waals surface area contributed by atoms with E-state index in [1.165, 1.54) is 166 Å². The van der Waals surface area contributed by atoms with Gasteiger partial charge in [-0.15, -0.1) is 0 Å². The molecule has 1 heterocycles. The van der Waals surface area contributed by atoms with E-state index in [1.54, 1.807) is 0 Å². The third-order valence-electron chi connectivity index (χ3n) is 8.05. The minimum Gasteiger partial charge on any atom is -0.234 e. The second-order valence-electron chi connectivity index (χ2n) is 11.4. The highest BCUT2D eigenvalue weighted by Gasteiger charge is 2.18. The van der Waals surface area contributed by atoms with Crippen molar-refractivity contribution < 1.29 is 4.57 Å². The van der Waals surface area contributed by atoms with Gasteiger partial charge in [-0.3, -0.25) is 0 Å². The lowest BCUT2D eigenvalue weighted by molar-refractivity contribution is -0.704. The third-order valence-corrected chi connectivity index (χ3v) is 8.05. The van der Waals surface area contributed by atoms with E-state index in [1.807, 2.05) is 0 Å². The van der Waals surface area contributed by atoms with Gasteiger partial charge in [-0.2, -0.15) is 4.57 Å². The van der Waals surface area contributed by atoms with E-state index < -0.39 is 0 Å². The third kappa shape index (κ3) is 14.8. The predicted molar refractivity (Wildman–Crippen MR) is 163 cm³/mol. The number of para-hydroxylation sites is 1. The zero-order chi connectivity index (χ0) is 26.2. The number of benzene rings is 1. The van der Waals surface area contributed by atoms with Crippen molar-refractivity contribution in [2.24, 2.45) is 0 Å². The first kappa shape index (κ1) is 31.6. The summed E-state index contributed by atoms with van der Waals surface area (Å²) in [7, 11) is 0. The molecule has 0 aliphatic carbocycles. The molecule has 0 atom stereocenters. The van der Waals surface area contributed by atoms with Crippen LogP contribution in [0.4, 0.5) is 0 Å². The molecular weight excluding hydrogens is 448 g/mol. The first-order valence-corrected chi connectivity index (χ1v) is 16.5. The van der Waals surface area contributed by atoms with Gasteiger partial charge in [-0.25, -0.2) is 4.57 Å². The van der Waals surface area contributed by atoms with E-state index in [9.17, 15) is 0 Å². The first-order valence-electron chi connectivity index (χ1n) is 16.5. The lowest BCUT2D eigenvalue weighted by Gasteiger charge is -2.06. The minimum atomic E-state index is 1.17. The smallest absolute Gasteiger partial charge is 0.234 e. The van der Waals surface area contributed by atoms with Crippen LogP contribution < -0.4 is 4.57 Å². The van der Waals surface area contributed by atoms with Crippen molar-refractivity contribution in [3.63, 3.8) is 0 Å². The second kappa shape index (κ2) is 22.4. The molecule has 1 aromatic carbocycles. The summed E-state index contributed by atoms with van der Waals surface area (Å²) in [5.41, 5.74) is 1.30. The normalized spacial score (nSPS) is 11.4. The molecule has 0 fully saturated rings. The fraction of sp³-hybridized carbons (Fsp3) is 0.743. The van der Waals surface area contributed by atoms with Gasteiger partial charge in [0.1, 0.15) is 18.1 Å². The molecular formula is C35H61N2+. The van der Waals surface area contributed by atoms with Crippen LogP contribution in [0.15, 0.2) is 42.7 Å². The fourth-order valence-corrected chi connectivity index (χ4v) is 5.64. The van der Waals surface area contributed by atoms with Crippen molar-refractivity contribution >= 4 is 0 Å². The minimum absolute atomic E-state index is 1.17. The van der Waals surface area contributed by atoms with E-state index in [-0.39, 0.29) is 0 Å². The number of aromatic nitrogens is 2. The molecule has 0 aliphatic heterocycles. The summed E-state index contributed by atoms with van der Waals surface area (Å²) < 4.78 is 4.97. The van der Waals surface area contributed by atoms with Gasteiger partial charge in [-0.05, 0) is 31.4 Å². The SMILES string of the molecule is CCCCCCCCCCCCCCCCCC[n+]1ccn(-c2ccccc2)c1CCCCCCCC. The predicted octanol–water partition coefficient (Wildman–Crippen LogP) is 10.9. The highest BCUT2D eigenvalue weighted by atomic mass is 15.1. The Labute approximate surface area is 231 Å². The quantitative estimate of drug-likeness (QED) is 0.0929. The van der Waals surface area contributed by atoms with Gasteiger partial charge in [0.15, 0.2) is 0 Å². The van der Waals surface area contributed by atoms with Crippen molar-refractivity contribution in [3.8, 4) is 5.69 Å². The van der Waals surface area contributed by atoms with Crippen LogP contribution in [0.1, 0.15) is 161 Å². The Balaban J connectivity index is 1.57. The molecule has 2 rings (SSSR count). The molecule has 0 N–H and O–H groups in total. The molecule has 0 amide bonds. The van der Waals surface area contributed by atoms with Crippen LogP contribution in [0.2, 0.25) is 0 Å². The molecule has 210 valence electrons. The summed E-state index contributed by atoms with van der Waals surface area (Å²) in [5.74, 6) is 1.49. The molecule has 0 radical (unpaired) electrons. The van der Waals surface area contributed by atoms with Crippen LogP contribution in [0.5, 0.6) is 0 Å². The Kier molecular flexibility index (Phi) is 19.2. The Bertz CT molecular complexity index is 748. The molecule has 0 saturated heterocycles. The highest BCUT2D eigenvalue weighted by molar-refractivity contribution is 5.31. The standard InChI is InChI=1S/C35H61N2/c1-3-5-7-9-11-12-13-14-15-16-17-18-19-20-22-27-31-36-32-33-37(34-28-24-23-25-29-34)35(36)30-26-21-10-8-6-4-2/h23-25,28-29,32-33H,3-22,26-27,30-31H2,1-2H3/q+1. The zero-order valence-corrected chi connectivity index (χ0v) is 24.9. The second-order valence-corrected chi connectivity index (χ2v) is 11.4. The maximum atomic E-state index is 2.54. The summed E-state index contributed by atoms with van der Waals surface area (Å²) in [6.45, 7) is 5.77. The largest absolute Gasteiger partial charge is 0.261 e. The number of rotatable bonds is 25. The van der Waals surface area contributed by atoms with Crippen molar-refractivity contribution in [1.82, 2.24) is 4.57 Å². The Morgan fingerprint density at radius 3 is 1.43 bits per heavy atom. The molecule has 2 nitrogen and oxygen atoms in total. The zero-order valence-electron chi connectivity index (χ0n) is 24.9. The van der Waals surface area contributed by atoms with Gasteiger partial charge >= 0.3 is 0 Å². The van der Waals surface area contributed by atoms with Crippen LogP contribution >= 0.6 is 0 Å². The van der Waals surface area contributed by atoms with Gasteiger partial charge < -0.3 is 0 Å². The maximum Gasteiger partial charge on any atom is 0.261 e. The lowest BCUT2D eigenvalue weighted by Crippen LogP contribution is -2.37. The monoisotopic (exact) mass is 509 g/mol. The summed E-state index contributed by atoms with van der Waals surface area (Å²) in [4.78, 5) is 0. The van der Waals surface area contributed by atoms with E-state index in [0.29, 0.717) is 0 Å². The average Bonchev–Trinajstić information content (AvgIpc) is 3.33. The molecule has 0 spiro atoms. The maximum absolute atomic E-state index is 2.54. The highest BCUT2D eigenvalue weighted by Crippen LogP contribution is 2.15. The molecule has 0 aliphatic rings. The molecule has 0 unspecified atom stereocenters. The van der Waals surface area contributed by atoms with Gasteiger partial charge in [-0.1, -0.05) is 154 Å². The Hall–Kier alpha value is -1.57. The molecule has 37 heavy (non-hydrogen) atoms. The van der Waals surface area contributed by atoms with Gasteiger partial charge in [0, 0.05) is 6.42 Å². The van der Waals surface area contributed by atoms with Crippen molar-refractivity contribution in [1.29, 1.82) is 0 Å². The van der Waals surface area contributed by atoms with Gasteiger partial charge in [0.25, 0.3) is 5.82 Å². The summed E-state index contributed by atoms with van der Waals surface area (Å²) in [5, 5.41) is 0. The van der Waals surface area contributed by atoms with Crippen LogP contribution in [0, 0.1) is 0 Å². The molecule has 0 saturated carbocycles. The first-order chi connectivity index (χ1) is 18.4. The van der Waals surface area contributed by atoms with Crippen molar-refractivity contribution in [3.05, 3.63) is 48.5 Å². The number of hydrogen-bond acceptors (Lipinski definition) is 0. The van der Waals surface area contributed by atoms with Crippen LogP contribution in [-0.4, -0.2) is 4.57 Å². The van der Waals surface area contributed by atoms with Gasteiger partial charge in [0.05, 0.1) is 6.54 Å². The molecule has 1 aromatic heterocycles. The van der Waals surface area contributed by atoms with Crippen LogP contribution in [0.25, 0.3) is 5.69 Å². The van der Waals surface area contributed by atoms with Crippen LogP contribution in [0.3, 0.4) is 0 Å². The van der Waals surface area contributed by atoms with E-state index in [4.69, 9.17) is 0 Å². The van der Waals surface area contributed by atoms with Crippen molar-refractivity contribution in [2.75, 3.05) is 0 Å². The van der Waals surface area contributed by atoms with E-state index in [2.05, 4.69) is 65.7 Å². The number of unbranched alkanes of at least 4 members (excludes halogenated alkanes) is 20. The summed E-state index contributed by atoms with van der Waals surface area (Å²) >= 11 is 0. The average molecular weight is 510 g/mol. The fourth-order valence-electron chi connectivity index (χ4n) is 5.64. The Morgan fingerprint density at radius 2 is 0.946 bits per heavy atom. The number of aryl methyl sites for hydroxylation is 1. The Morgan fingerprint density at radius 1 is 0.514 bits per heavy atom. The number of nitrogens with zero attached hydrogens (tertiary/aromatic N) is 2. The number of hydrogen-bond donors (Lipinski definition) is 0. The number of imidazole rings is 1. The molecule has 2 heteroatoms. The molecule has 2 aromatic rings. The van der Waals surface area contributed by atoms with E-state index >= 15 is 0 Å². The topological polar surface area (TPSA) is 8.81 Å². The molecule has 0 bridgehead atoms. The van der Waals surface area contributed by atoms with E-state index in [0.717, 1.165) is 0 Å².